The van der Waals surface area contributed by atoms with Gasteiger partial charge in [-0.05, 0) is 37.9 Å². The lowest BCUT2D eigenvalue weighted by atomic mass is 10.0. The third kappa shape index (κ3) is 4.23. The van der Waals surface area contributed by atoms with Crippen LogP contribution in [0.25, 0.3) is 0 Å². The van der Waals surface area contributed by atoms with E-state index in [-0.39, 0.29) is 5.82 Å². The lowest BCUT2D eigenvalue weighted by molar-refractivity contribution is 0.106. The van der Waals surface area contributed by atoms with Gasteiger partial charge in [0.2, 0.25) is 0 Å². The fourth-order valence-corrected chi connectivity index (χ4v) is 2.38. The molecule has 0 saturated carbocycles. The minimum absolute atomic E-state index is 0.293. The zero-order valence-electron chi connectivity index (χ0n) is 10.4. The number of benzene rings is 1. The minimum Gasteiger partial charge on any atom is -0.377 e. The summed E-state index contributed by atoms with van der Waals surface area (Å²) in [4.78, 5) is 0. The second-order valence-corrected chi connectivity index (χ2v) is 5.16. The van der Waals surface area contributed by atoms with Crippen LogP contribution in [0.1, 0.15) is 31.2 Å². The fourth-order valence-electron chi connectivity index (χ4n) is 2.22. The molecule has 1 atom stereocenters. The van der Waals surface area contributed by atoms with Gasteiger partial charge in [0.1, 0.15) is 5.82 Å². The van der Waals surface area contributed by atoms with Gasteiger partial charge in [-0.1, -0.05) is 24.1 Å². The Morgan fingerprint density at radius 1 is 1.39 bits per heavy atom. The van der Waals surface area contributed by atoms with Crippen LogP contribution in [0.5, 0.6) is 0 Å². The standard InChI is InChI=1S/C14H19ClFNO/c15-12-5-4-11(14(16)9-12)10-18-8-6-13-3-1-2-7-17-13/h4-5,9,13,17H,1-3,6-8,10H2. The molecular formula is C14H19ClFNO. The van der Waals surface area contributed by atoms with E-state index in [1.807, 2.05) is 0 Å². The zero-order valence-corrected chi connectivity index (χ0v) is 11.2. The molecule has 18 heavy (non-hydrogen) atoms. The summed E-state index contributed by atoms with van der Waals surface area (Å²) in [5.41, 5.74) is 0.566. The van der Waals surface area contributed by atoms with Crippen LogP contribution in [0.4, 0.5) is 4.39 Å². The molecular weight excluding hydrogens is 253 g/mol. The summed E-state index contributed by atoms with van der Waals surface area (Å²) in [6, 6.07) is 5.25. The van der Waals surface area contributed by atoms with E-state index in [9.17, 15) is 4.39 Å². The summed E-state index contributed by atoms with van der Waals surface area (Å²) in [5.74, 6) is -0.293. The molecule has 1 aromatic rings. The summed E-state index contributed by atoms with van der Waals surface area (Å²) in [6.45, 7) is 2.09. The first-order chi connectivity index (χ1) is 8.75. The molecule has 4 heteroatoms. The molecule has 0 aromatic heterocycles. The number of ether oxygens (including phenoxy) is 1. The maximum atomic E-state index is 13.5. The van der Waals surface area contributed by atoms with E-state index < -0.39 is 0 Å². The predicted molar refractivity (Wildman–Crippen MR) is 71.3 cm³/mol. The third-order valence-corrected chi connectivity index (χ3v) is 3.53. The van der Waals surface area contributed by atoms with Crippen LogP contribution >= 0.6 is 11.6 Å². The molecule has 100 valence electrons. The van der Waals surface area contributed by atoms with Gasteiger partial charge in [-0.3, -0.25) is 0 Å². The molecule has 2 rings (SSSR count). The van der Waals surface area contributed by atoms with Crippen LogP contribution in [0.15, 0.2) is 18.2 Å². The first-order valence-corrected chi connectivity index (χ1v) is 6.88. The van der Waals surface area contributed by atoms with E-state index in [0.717, 1.165) is 13.0 Å². The summed E-state index contributed by atoms with van der Waals surface area (Å²) >= 11 is 5.69. The zero-order chi connectivity index (χ0) is 12.8. The van der Waals surface area contributed by atoms with Crippen molar-refractivity contribution < 1.29 is 9.13 Å². The first-order valence-electron chi connectivity index (χ1n) is 6.51. The normalized spacial score (nSPS) is 20.0. The molecule has 1 fully saturated rings. The summed E-state index contributed by atoms with van der Waals surface area (Å²) < 4.78 is 19.0. The third-order valence-electron chi connectivity index (χ3n) is 3.30. The van der Waals surface area contributed by atoms with Gasteiger partial charge in [0, 0.05) is 23.2 Å². The predicted octanol–water partition coefficient (Wildman–Crippen LogP) is 3.53. The SMILES string of the molecule is Fc1cc(Cl)ccc1COCCC1CCCCN1. The average molecular weight is 272 g/mol. The molecule has 1 saturated heterocycles. The molecule has 2 nitrogen and oxygen atoms in total. The lowest BCUT2D eigenvalue weighted by Gasteiger charge is -2.23. The van der Waals surface area contributed by atoms with Gasteiger partial charge < -0.3 is 10.1 Å². The van der Waals surface area contributed by atoms with Crippen molar-refractivity contribution in [3.63, 3.8) is 0 Å². The van der Waals surface area contributed by atoms with Crippen molar-refractivity contribution in [1.29, 1.82) is 0 Å². The maximum absolute atomic E-state index is 13.5. The van der Waals surface area contributed by atoms with E-state index in [1.165, 1.54) is 25.3 Å². The Kier molecular flexibility index (Phi) is 5.42. The van der Waals surface area contributed by atoms with E-state index in [4.69, 9.17) is 16.3 Å². The molecule has 0 bridgehead atoms. The lowest BCUT2D eigenvalue weighted by Crippen LogP contribution is -2.34. The second-order valence-electron chi connectivity index (χ2n) is 4.72. The van der Waals surface area contributed by atoms with Crippen LogP contribution in [0, 0.1) is 5.82 Å². The van der Waals surface area contributed by atoms with Crippen LogP contribution in [0.2, 0.25) is 5.02 Å². The smallest absolute Gasteiger partial charge is 0.130 e. The van der Waals surface area contributed by atoms with Gasteiger partial charge in [0.25, 0.3) is 0 Å². The number of rotatable bonds is 5. The van der Waals surface area contributed by atoms with E-state index in [2.05, 4.69) is 5.32 Å². The molecule has 0 spiro atoms. The van der Waals surface area contributed by atoms with Gasteiger partial charge in [0.15, 0.2) is 0 Å². The molecule has 1 aliphatic heterocycles. The minimum atomic E-state index is -0.293. The fraction of sp³-hybridized carbons (Fsp3) is 0.571. The van der Waals surface area contributed by atoms with Gasteiger partial charge >= 0.3 is 0 Å². The van der Waals surface area contributed by atoms with Gasteiger partial charge in [-0.15, -0.1) is 0 Å². The summed E-state index contributed by atoms with van der Waals surface area (Å²) in [6.07, 6.45) is 4.78. The van der Waals surface area contributed by atoms with E-state index >= 15 is 0 Å². The van der Waals surface area contributed by atoms with Crippen molar-refractivity contribution >= 4 is 11.6 Å². The summed E-state index contributed by atoms with van der Waals surface area (Å²) in [5, 5.41) is 3.88. The quantitative estimate of drug-likeness (QED) is 0.828. The van der Waals surface area contributed by atoms with Crippen LogP contribution < -0.4 is 5.32 Å². The van der Waals surface area contributed by atoms with Crippen LogP contribution in [-0.4, -0.2) is 19.2 Å². The molecule has 0 aliphatic carbocycles. The topological polar surface area (TPSA) is 21.3 Å². The average Bonchev–Trinajstić information content (AvgIpc) is 2.38. The highest BCUT2D eigenvalue weighted by Gasteiger charge is 2.12. The molecule has 1 unspecified atom stereocenters. The maximum Gasteiger partial charge on any atom is 0.130 e. The first kappa shape index (κ1) is 13.8. The van der Waals surface area contributed by atoms with E-state index in [1.54, 1.807) is 12.1 Å². The van der Waals surface area contributed by atoms with Gasteiger partial charge in [0.05, 0.1) is 6.61 Å². The number of nitrogens with one attached hydrogen (secondary N) is 1. The van der Waals surface area contributed by atoms with E-state index in [0.29, 0.717) is 29.8 Å². The summed E-state index contributed by atoms with van der Waals surface area (Å²) in [7, 11) is 0. The van der Waals surface area contributed by atoms with Crippen molar-refractivity contribution in [2.45, 2.75) is 38.3 Å². The van der Waals surface area contributed by atoms with Crippen molar-refractivity contribution in [3.05, 3.63) is 34.6 Å². The van der Waals surface area contributed by atoms with Crippen LogP contribution in [0.3, 0.4) is 0 Å². The number of halogens is 2. The van der Waals surface area contributed by atoms with Crippen molar-refractivity contribution in [2.75, 3.05) is 13.2 Å². The van der Waals surface area contributed by atoms with Gasteiger partial charge in [-0.25, -0.2) is 4.39 Å². The second kappa shape index (κ2) is 7.07. The number of hydrogen-bond acceptors (Lipinski definition) is 2. The Morgan fingerprint density at radius 3 is 3.00 bits per heavy atom. The van der Waals surface area contributed by atoms with Crippen LogP contribution in [-0.2, 0) is 11.3 Å². The monoisotopic (exact) mass is 271 g/mol. The Hall–Kier alpha value is -0.640. The van der Waals surface area contributed by atoms with Gasteiger partial charge in [-0.2, -0.15) is 0 Å². The molecule has 0 radical (unpaired) electrons. The highest BCUT2D eigenvalue weighted by molar-refractivity contribution is 6.30. The number of hydrogen-bond donors (Lipinski definition) is 1. The number of piperidine rings is 1. The highest BCUT2D eigenvalue weighted by atomic mass is 35.5. The highest BCUT2D eigenvalue weighted by Crippen LogP contribution is 2.16. The Balaban J connectivity index is 1.68. The molecule has 1 N–H and O–H groups in total. The molecule has 0 amide bonds. The molecule has 1 heterocycles. The largest absolute Gasteiger partial charge is 0.377 e. The molecule has 1 aliphatic rings. The Labute approximate surface area is 112 Å². The van der Waals surface area contributed by atoms with Crippen molar-refractivity contribution in [3.8, 4) is 0 Å². The molecule has 1 aromatic carbocycles. The van der Waals surface area contributed by atoms with Crippen molar-refractivity contribution in [1.82, 2.24) is 5.32 Å². The Morgan fingerprint density at radius 2 is 2.28 bits per heavy atom. The Bertz CT molecular complexity index is 380. The van der Waals surface area contributed by atoms with Crippen molar-refractivity contribution in [2.24, 2.45) is 0 Å².